The van der Waals surface area contributed by atoms with Crippen LogP contribution in [0.3, 0.4) is 0 Å². The summed E-state index contributed by atoms with van der Waals surface area (Å²) in [4.78, 5) is 39.7. The van der Waals surface area contributed by atoms with Gasteiger partial charge in [0.05, 0.1) is 44.0 Å². The van der Waals surface area contributed by atoms with Gasteiger partial charge in [0.15, 0.2) is 5.82 Å². The number of ether oxygens (including phenoxy) is 6. The third-order valence-corrected chi connectivity index (χ3v) is 11.2. The third kappa shape index (κ3) is 7.29. The van der Waals surface area contributed by atoms with E-state index < -0.39 is 23.1 Å². The number of thiophene rings is 1. The van der Waals surface area contributed by atoms with Gasteiger partial charge < -0.3 is 38.2 Å². The molecule has 0 aliphatic carbocycles. The minimum absolute atomic E-state index is 0.0188. The summed E-state index contributed by atoms with van der Waals surface area (Å²) in [6.07, 6.45) is 0.187. The van der Waals surface area contributed by atoms with Crippen molar-refractivity contribution >= 4 is 55.3 Å². The van der Waals surface area contributed by atoms with Crippen molar-refractivity contribution in [3.63, 3.8) is 0 Å². The van der Waals surface area contributed by atoms with Crippen molar-refractivity contribution < 1.29 is 42.4 Å². The molecule has 3 atom stereocenters. The van der Waals surface area contributed by atoms with E-state index in [1.54, 1.807) is 37.8 Å². The highest BCUT2D eigenvalue weighted by Gasteiger charge is 2.45. The Morgan fingerprint density at radius 1 is 1.00 bits per heavy atom. The fraction of sp³-hybridized carbons (Fsp3) is 0.525. The molecule has 2 amide bonds. The van der Waals surface area contributed by atoms with Crippen LogP contribution in [0.15, 0.2) is 18.2 Å². The maximum absolute atomic E-state index is 17.7. The molecule has 1 N–H and O–H groups in total. The number of nitrogens with zero attached hydrogens (tertiary/aromatic N) is 5. The van der Waals surface area contributed by atoms with Gasteiger partial charge in [0.25, 0.3) is 0 Å². The molecule has 2 aromatic heterocycles. The maximum Gasteiger partial charge on any atom is 0.412 e. The summed E-state index contributed by atoms with van der Waals surface area (Å²) in [6, 6.07) is 7.40. The zero-order valence-electron chi connectivity index (χ0n) is 32.3. The first-order valence-corrected chi connectivity index (χ1v) is 19.7. The molecule has 0 radical (unpaired) electrons. The summed E-state index contributed by atoms with van der Waals surface area (Å²) in [7, 11) is 0. The third-order valence-electron chi connectivity index (χ3n) is 10.1. The number of carbonyl (C=O) groups is 2. The topological polar surface area (TPSA) is 158 Å². The van der Waals surface area contributed by atoms with Crippen molar-refractivity contribution in [1.29, 1.82) is 5.26 Å². The van der Waals surface area contributed by atoms with Crippen molar-refractivity contribution in [2.24, 2.45) is 0 Å². The number of halogens is 1. The second-order valence-corrected chi connectivity index (χ2v) is 17.5. The lowest BCUT2D eigenvalue weighted by Gasteiger charge is -2.42. The molecular formula is C40H45FN6O8S. The number of carbonyl (C=O) groups excluding carboxylic acids is 2. The van der Waals surface area contributed by atoms with Gasteiger partial charge in [0, 0.05) is 40.8 Å². The van der Waals surface area contributed by atoms with Crippen molar-refractivity contribution in [2.45, 2.75) is 97.0 Å². The van der Waals surface area contributed by atoms with Gasteiger partial charge in [0.1, 0.15) is 46.3 Å². The standard InChI is InChI=1S/C40H45FN6O8S/c1-39(2,3)54-37(48)45-35-25(14-42)29-24(8-7-9-28(29)56-35)30-26-19-51-20-27(26)31-33(32(30)41)43-36(53-18-23-17-50-12-13-52-23)44-34(31)47-21-10-11-22(47)16-46(15-21)38(49)55-40(4,5)6/h7-9,21-23H,10-13,15-20H2,1-6H3,(H,45,48)/t21?,22?,23-/m1/s1. The van der Waals surface area contributed by atoms with Gasteiger partial charge in [-0.25, -0.2) is 14.0 Å². The summed E-state index contributed by atoms with van der Waals surface area (Å²) >= 11 is 1.21. The van der Waals surface area contributed by atoms with E-state index in [0.29, 0.717) is 70.3 Å². The maximum atomic E-state index is 17.7. The fourth-order valence-corrected chi connectivity index (χ4v) is 9.06. The molecule has 2 aromatic carbocycles. The highest BCUT2D eigenvalue weighted by Crippen LogP contribution is 2.49. The Morgan fingerprint density at radius 2 is 1.73 bits per heavy atom. The molecular weight excluding hydrogens is 744 g/mol. The highest BCUT2D eigenvalue weighted by atomic mass is 32.1. The molecule has 6 heterocycles. The Hall–Kier alpha value is -4.82. The number of likely N-dealkylation sites (tertiary alicyclic amines) is 1. The lowest BCUT2D eigenvalue weighted by Crippen LogP contribution is -2.56. The van der Waals surface area contributed by atoms with E-state index in [2.05, 4.69) is 16.3 Å². The molecule has 0 saturated carbocycles. The van der Waals surface area contributed by atoms with Crippen LogP contribution in [-0.2, 0) is 36.9 Å². The molecule has 2 unspecified atom stereocenters. The largest absolute Gasteiger partial charge is 0.461 e. The van der Waals surface area contributed by atoms with Gasteiger partial charge >= 0.3 is 18.2 Å². The van der Waals surface area contributed by atoms with E-state index in [4.69, 9.17) is 38.4 Å². The van der Waals surface area contributed by atoms with E-state index >= 15 is 4.39 Å². The van der Waals surface area contributed by atoms with Gasteiger partial charge in [-0.15, -0.1) is 11.3 Å². The number of piperazine rings is 1. The molecule has 0 spiro atoms. The summed E-state index contributed by atoms with van der Waals surface area (Å²) in [5.41, 5.74) is 0.958. The van der Waals surface area contributed by atoms with E-state index in [9.17, 15) is 14.9 Å². The first kappa shape index (κ1) is 38.1. The molecule has 56 heavy (non-hydrogen) atoms. The molecule has 14 nitrogen and oxygen atoms in total. The quantitative estimate of drug-likeness (QED) is 0.209. The average Bonchev–Trinajstić information content (AvgIpc) is 3.82. The number of hydrogen-bond acceptors (Lipinski definition) is 13. The first-order chi connectivity index (χ1) is 26.7. The molecule has 4 aromatic rings. The van der Waals surface area contributed by atoms with Gasteiger partial charge in [-0.2, -0.15) is 15.2 Å². The molecule has 4 aliphatic rings. The number of hydrogen-bond donors (Lipinski definition) is 1. The monoisotopic (exact) mass is 788 g/mol. The molecule has 8 rings (SSSR count). The lowest BCUT2D eigenvalue weighted by atomic mass is 9.90. The summed E-state index contributed by atoms with van der Waals surface area (Å²) in [5.74, 6) is -0.0939. The predicted octanol–water partition coefficient (Wildman–Crippen LogP) is 7.28. The molecule has 3 fully saturated rings. The van der Waals surface area contributed by atoms with Gasteiger partial charge in [-0.05, 0) is 77.1 Å². The van der Waals surface area contributed by atoms with E-state index in [1.807, 2.05) is 26.8 Å². The van der Waals surface area contributed by atoms with Gasteiger partial charge in [-0.1, -0.05) is 12.1 Å². The zero-order chi connectivity index (χ0) is 39.5. The normalized spacial score (nSPS) is 20.9. The molecule has 4 aliphatic heterocycles. The summed E-state index contributed by atoms with van der Waals surface area (Å²) in [5, 5.41) is 14.5. The average molecular weight is 789 g/mol. The highest BCUT2D eigenvalue weighted by molar-refractivity contribution is 7.23. The Bertz CT molecular complexity index is 2240. The van der Waals surface area contributed by atoms with E-state index in [1.165, 1.54) is 11.3 Å². The second-order valence-electron chi connectivity index (χ2n) is 16.5. The number of nitrogens with one attached hydrogen (secondary N) is 1. The van der Waals surface area contributed by atoms with E-state index in [-0.39, 0.29) is 66.8 Å². The Morgan fingerprint density at radius 3 is 2.41 bits per heavy atom. The Labute approximate surface area is 327 Å². The van der Waals surface area contributed by atoms with Crippen LogP contribution >= 0.6 is 11.3 Å². The number of anilines is 2. The summed E-state index contributed by atoms with van der Waals surface area (Å²) in [6.45, 7) is 13.3. The van der Waals surface area contributed by atoms with Crippen molar-refractivity contribution in [1.82, 2.24) is 14.9 Å². The van der Waals surface area contributed by atoms with Crippen molar-refractivity contribution in [3.8, 4) is 23.2 Å². The van der Waals surface area contributed by atoms with Crippen LogP contribution in [-0.4, -0.2) is 96.0 Å². The number of benzene rings is 2. The minimum atomic E-state index is -0.751. The zero-order valence-corrected chi connectivity index (χ0v) is 33.1. The molecule has 2 bridgehead atoms. The van der Waals surface area contributed by atoms with Crippen molar-refractivity contribution in [2.75, 3.05) is 49.7 Å². The van der Waals surface area contributed by atoms with Gasteiger partial charge in [-0.3, -0.25) is 5.32 Å². The number of nitriles is 1. The van der Waals surface area contributed by atoms with Gasteiger partial charge in [0.2, 0.25) is 0 Å². The Balaban J connectivity index is 1.26. The van der Waals surface area contributed by atoms with Crippen molar-refractivity contribution in [3.05, 3.63) is 40.7 Å². The molecule has 3 saturated heterocycles. The summed E-state index contributed by atoms with van der Waals surface area (Å²) < 4.78 is 53.2. The number of fused-ring (bicyclic) bond motifs is 6. The van der Waals surface area contributed by atoms with Crippen LogP contribution in [0.5, 0.6) is 6.01 Å². The van der Waals surface area contributed by atoms with Crippen LogP contribution in [0, 0.1) is 17.1 Å². The minimum Gasteiger partial charge on any atom is -0.461 e. The van der Waals surface area contributed by atoms with E-state index in [0.717, 1.165) is 18.4 Å². The predicted molar refractivity (Wildman–Crippen MR) is 207 cm³/mol. The number of amides is 2. The number of aromatic nitrogens is 2. The van der Waals surface area contributed by atoms with Crippen LogP contribution in [0.2, 0.25) is 0 Å². The first-order valence-electron chi connectivity index (χ1n) is 18.9. The van der Waals surface area contributed by atoms with Crippen LogP contribution < -0.4 is 15.0 Å². The smallest absolute Gasteiger partial charge is 0.412 e. The lowest BCUT2D eigenvalue weighted by molar-refractivity contribution is -0.102. The fourth-order valence-electron chi connectivity index (χ4n) is 8.00. The number of rotatable bonds is 6. The Kier molecular flexibility index (Phi) is 9.93. The molecule has 296 valence electrons. The second kappa shape index (κ2) is 14.6. The van der Waals surface area contributed by atoms with Crippen LogP contribution in [0.4, 0.5) is 24.8 Å². The molecule has 16 heteroatoms. The van der Waals surface area contributed by atoms with Crippen LogP contribution in [0.25, 0.3) is 32.1 Å². The van der Waals surface area contributed by atoms with Crippen LogP contribution in [0.1, 0.15) is 71.1 Å². The SMILES string of the molecule is CC(C)(C)OC(=O)Nc1sc2cccc(-c3c4c(c5c(N6C7CCC6CN(C(=O)OC(C)(C)C)C7)nc(OC[C@H]6COCCO6)nc5c3F)COC4)c2c1C#N.